The zero-order valence-electron chi connectivity index (χ0n) is 12.9. The summed E-state index contributed by atoms with van der Waals surface area (Å²) in [6.45, 7) is 6.45. The summed E-state index contributed by atoms with van der Waals surface area (Å²) in [5.41, 5.74) is 2.73. The maximum atomic E-state index is 13.8. The van der Waals surface area contributed by atoms with Crippen LogP contribution in [0.4, 0.5) is 4.39 Å². The van der Waals surface area contributed by atoms with Crippen LogP contribution in [-0.4, -0.2) is 15.4 Å². The first-order chi connectivity index (χ1) is 9.94. The van der Waals surface area contributed by atoms with Gasteiger partial charge >= 0.3 is 0 Å². The van der Waals surface area contributed by atoms with Crippen molar-refractivity contribution in [2.75, 3.05) is 5.88 Å². The zero-order valence-corrected chi connectivity index (χ0v) is 13.7. The zero-order chi connectivity index (χ0) is 15.2. The van der Waals surface area contributed by atoms with Crippen LogP contribution in [0.5, 0.6) is 0 Å². The van der Waals surface area contributed by atoms with Crippen LogP contribution in [0.3, 0.4) is 0 Å². The van der Waals surface area contributed by atoms with Gasteiger partial charge in [0.25, 0.3) is 0 Å². The highest BCUT2D eigenvalue weighted by atomic mass is 35.5. The number of halogens is 2. The van der Waals surface area contributed by atoms with Crippen LogP contribution in [0.2, 0.25) is 0 Å². The predicted octanol–water partition coefficient (Wildman–Crippen LogP) is 5.02. The number of hydrogen-bond acceptors (Lipinski definition) is 1. The van der Waals surface area contributed by atoms with E-state index >= 15 is 0 Å². The standard InChI is InChI=1S/C17H22ClFN2/c1-11-9-14-13(10-12(11)19)20-16(6-8-18)21(14)15-5-4-7-17(15,2)3/h9-10,15H,4-8H2,1-3H3. The Morgan fingerprint density at radius 2 is 2.19 bits per heavy atom. The highest BCUT2D eigenvalue weighted by molar-refractivity contribution is 6.17. The van der Waals surface area contributed by atoms with E-state index in [0.29, 0.717) is 17.5 Å². The van der Waals surface area contributed by atoms with Gasteiger partial charge in [-0.25, -0.2) is 9.37 Å². The van der Waals surface area contributed by atoms with Crippen molar-refractivity contribution in [1.82, 2.24) is 9.55 Å². The molecule has 114 valence electrons. The first-order valence-corrected chi connectivity index (χ1v) is 8.20. The molecule has 4 heteroatoms. The molecule has 0 N–H and O–H groups in total. The van der Waals surface area contributed by atoms with Gasteiger partial charge in [0.1, 0.15) is 11.6 Å². The average Bonchev–Trinajstić information content (AvgIpc) is 2.90. The van der Waals surface area contributed by atoms with Crippen LogP contribution in [0.25, 0.3) is 11.0 Å². The third-order valence-corrected chi connectivity index (χ3v) is 5.06. The molecule has 2 aromatic rings. The minimum Gasteiger partial charge on any atom is -0.324 e. The second-order valence-corrected chi connectivity index (χ2v) is 7.20. The summed E-state index contributed by atoms with van der Waals surface area (Å²) in [5, 5.41) is 0. The van der Waals surface area contributed by atoms with E-state index in [4.69, 9.17) is 11.6 Å². The maximum absolute atomic E-state index is 13.8. The Morgan fingerprint density at radius 1 is 1.43 bits per heavy atom. The van der Waals surface area contributed by atoms with E-state index in [1.807, 2.05) is 13.0 Å². The van der Waals surface area contributed by atoms with Crippen LogP contribution < -0.4 is 0 Å². The molecule has 0 saturated heterocycles. The second kappa shape index (κ2) is 5.28. The van der Waals surface area contributed by atoms with Crippen LogP contribution in [-0.2, 0) is 6.42 Å². The number of aromatic nitrogens is 2. The first-order valence-electron chi connectivity index (χ1n) is 7.67. The minimum atomic E-state index is -0.185. The Kier molecular flexibility index (Phi) is 3.73. The van der Waals surface area contributed by atoms with Gasteiger partial charge < -0.3 is 4.57 Å². The first kappa shape index (κ1) is 14.8. The lowest BCUT2D eigenvalue weighted by atomic mass is 9.87. The number of aryl methyl sites for hydroxylation is 2. The third kappa shape index (κ3) is 2.46. The van der Waals surface area contributed by atoms with Crippen molar-refractivity contribution in [3.05, 3.63) is 29.3 Å². The normalized spacial score (nSPS) is 21.3. The van der Waals surface area contributed by atoms with Gasteiger partial charge in [0.2, 0.25) is 0 Å². The molecule has 0 spiro atoms. The Balaban J connectivity index is 2.23. The fourth-order valence-electron chi connectivity index (χ4n) is 3.67. The number of hydrogen-bond donors (Lipinski definition) is 0. The maximum Gasteiger partial charge on any atom is 0.128 e. The summed E-state index contributed by atoms with van der Waals surface area (Å²) >= 11 is 5.95. The summed E-state index contributed by atoms with van der Waals surface area (Å²) in [7, 11) is 0. The summed E-state index contributed by atoms with van der Waals surface area (Å²) in [4.78, 5) is 4.65. The van der Waals surface area contributed by atoms with Crippen molar-refractivity contribution < 1.29 is 4.39 Å². The highest BCUT2D eigenvalue weighted by Crippen LogP contribution is 2.47. The van der Waals surface area contributed by atoms with E-state index in [9.17, 15) is 4.39 Å². The molecule has 21 heavy (non-hydrogen) atoms. The minimum absolute atomic E-state index is 0.185. The van der Waals surface area contributed by atoms with E-state index in [0.717, 1.165) is 29.7 Å². The van der Waals surface area contributed by atoms with Crippen molar-refractivity contribution in [3.8, 4) is 0 Å². The predicted molar refractivity (Wildman–Crippen MR) is 85.5 cm³/mol. The second-order valence-electron chi connectivity index (χ2n) is 6.82. The SMILES string of the molecule is Cc1cc2c(cc1F)nc(CCCl)n2C1CCCC1(C)C. The lowest BCUT2D eigenvalue weighted by molar-refractivity contribution is 0.261. The van der Waals surface area contributed by atoms with E-state index in [-0.39, 0.29) is 11.2 Å². The summed E-state index contributed by atoms with van der Waals surface area (Å²) < 4.78 is 16.2. The molecule has 1 aromatic heterocycles. The molecule has 1 aromatic carbocycles. The Morgan fingerprint density at radius 3 is 2.81 bits per heavy atom. The monoisotopic (exact) mass is 308 g/mol. The average molecular weight is 309 g/mol. The van der Waals surface area contributed by atoms with Crippen LogP contribution >= 0.6 is 11.6 Å². The molecule has 0 bridgehead atoms. The topological polar surface area (TPSA) is 17.8 Å². The number of fused-ring (bicyclic) bond motifs is 1. The number of rotatable bonds is 3. The van der Waals surface area contributed by atoms with Gasteiger partial charge in [0.05, 0.1) is 11.0 Å². The number of nitrogens with zero attached hydrogens (tertiary/aromatic N) is 2. The van der Waals surface area contributed by atoms with E-state index in [1.54, 1.807) is 6.07 Å². The molecule has 1 atom stereocenters. The van der Waals surface area contributed by atoms with Crippen molar-refractivity contribution >= 4 is 22.6 Å². The Labute approximate surface area is 130 Å². The van der Waals surface area contributed by atoms with Crippen molar-refractivity contribution in [1.29, 1.82) is 0 Å². The Bertz CT molecular complexity index is 675. The van der Waals surface area contributed by atoms with Crippen LogP contribution in [0.15, 0.2) is 12.1 Å². The molecule has 1 heterocycles. The molecule has 1 unspecified atom stereocenters. The van der Waals surface area contributed by atoms with Gasteiger partial charge in [-0.3, -0.25) is 0 Å². The quantitative estimate of drug-likeness (QED) is 0.728. The van der Waals surface area contributed by atoms with E-state index in [1.165, 1.54) is 12.8 Å². The van der Waals surface area contributed by atoms with Crippen molar-refractivity contribution in [3.63, 3.8) is 0 Å². The fourth-order valence-corrected chi connectivity index (χ4v) is 3.83. The molecule has 1 aliphatic rings. The summed E-state index contributed by atoms with van der Waals surface area (Å²) in [6.07, 6.45) is 4.34. The number of benzene rings is 1. The van der Waals surface area contributed by atoms with Crippen LogP contribution in [0, 0.1) is 18.2 Å². The molecule has 0 aliphatic heterocycles. The van der Waals surface area contributed by atoms with E-state index in [2.05, 4.69) is 23.4 Å². The van der Waals surface area contributed by atoms with Crippen molar-refractivity contribution in [2.24, 2.45) is 5.41 Å². The summed E-state index contributed by atoms with van der Waals surface area (Å²) in [5.74, 6) is 1.35. The molecule has 0 radical (unpaired) electrons. The fraction of sp³-hybridized carbons (Fsp3) is 0.588. The van der Waals surface area contributed by atoms with Gasteiger partial charge in [0, 0.05) is 24.4 Å². The van der Waals surface area contributed by atoms with Gasteiger partial charge in [-0.2, -0.15) is 0 Å². The molecule has 1 saturated carbocycles. The van der Waals surface area contributed by atoms with E-state index < -0.39 is 0 Å². The smallest absolute Gasteiger partial charge is 0.128 e. The van der Waals surface area contributed by atoms with Crippen molar-refractivity contribution in [2.45, 2.75) is 52.5 Å². The molecule has 3 rings (SSSR count). The van der Waals surface area contributed by atoms with Gasteiger partial charge in [0.15, 0.2) is 0 Å². The summed E-state index contributed by atoms with van der Waals surface area (Å²) in [6, 6.07) is 3.91. The lowest BCUT2D eigenvalue weighted by Gasteiger charge is -2.30. The molecule has 1 aliphatic carbocycles. The molecular formula is C17H22ClFN2. The lowest BCUT2D eigenvalue weighted by Crippen LogP contribution is -2.23. The number of imidazole rings is 1. The van der Waals surface area contributed by atoms with Gasteiger partial charge in [-0.15, -0.1) is 11.6 Å². The third-order valence-electron chi connectivity index (χ3n) is 4.87. The largest absolute Gasteiger partial charge is 0.324 e. The highest BCUT2D eigenvalue weighted by Gasteiger charge is 2.37. The Hall–Kier alpha value is -1.09. The molecule has 1 fully saturated rings. The molecular weight excluding hydrogens is 287 g/mol. The molecule has 2 nitrogen and oxygen atoms in total. The van der Waals surface area contributed by atoms with Gasteiger partial charge in [-0.05, 0) is 36.8 Å². The van der Waals surface area contributed by atoms with Gasteiger partial charge in [-0.1, -0.05) is 20.3 Å². The van der Waals surface area contributed by atoms with Crippen LogP contribution in [0.1, 0.15) is 50.5 Å². The molecule has 0 amide bonds. The number of alkyl halides is 1.